The highest BCUT2D eigenvalue weighted by Gasteiger charge is 2.21. The number of rotatable bonds is 2. The number of benzene rings is 1. The van der Waals surface area contributed by atoms with Gasteiger partial charge in [0.1, 0.15) is 11.3 Å². The van der Waals surface area contributed by atoms with Crippen LogP contribution in [0.2, 0.25) is 5.02 Å². The molecule has 0 aliphatic carbocycles. The Morgan fingerprint density at radius 3 is 2.55 bits per heavy atom. The molecule has 3 rings (SSSR count). The molecule has 0 spiro atoms. The van der Waals surface area contributed by atoms with Crippen molar-refractivity contribution >= 4 is 44.3 Å². The summed E-state index contributed by atoms with van der Waals surface area (Å²) in [5.74, 6) is 0.205. The molecular formula is C15H16BrClFN3O. The second kappa shape index (κ2) is 6.54. The van der Waals surface area contributed by atoms with Crippen molar-refractivity contribution in [3.8, 4) is 6.01 Å². The van der Waals surface area contributed by atoms with Crippen molar-refractivity contribution in [2.45, 2.75) is 25.7 Å². The number of fused-ring (bicyclic) bond motifs is 1. The van der Waals surface area contributed by atoms with E-state index in [0.717, 1.165) is 25.9 Å². The second-order valence-corrected chi connectivity index (χ2v) is 6.52. The molecule has 118 valence electrons. The van der Waals surface area contributed by atoms with E-state index in [0.29, 0.717) is 16.2 Å². The van der Waals surface area contributed by atoms with Gasteiger partial charge < -0.3 is 9.64 Å². The minimum Gasteiger partial charge on any atom is -0.467 e. The van der Waals surface area contributed by atoms with Crippen molar-refractivity contribution in [1.82, 2.24) is 9.97 Å². The average molecular weight is 389 g/mol. The Kier molecular flexibility index (Phi) is 4.68. The van der Waals surface area contributed by atoms with Crippen LogP contribution in [0, 0.1) is 5.82 Å². The smallest absolute Gasteiger partial charge is 0.318 e. The Morgan fingerprint density at radius 2 is 1.91 bits per heavy atom. The number of anilines is 1. The first-order chi connectivity index (χ1) is 10.6. The first-order valence-electron chi connectivity index (χ1n) is 7.26. The maximum atomic E-state index is 14.5. The number of ether oxygens (including phenoxy) is 1. The summed E-state index contributed by atoms with van der Waals surface area (Å²) in [5.41, 5.74) is 0.224. The molecule has 2 heterocycles. The van der Waals surface area contributed by atoms with Crippen LogP contribution in [0.1, 0.15) is 25.7 Å². The second-order valence-electron chi connectivity index (χ2n) is 5.32. The molecule has 0 amide bonds. The molecule has 0 bridgehead atoms. The SMILES string of the molecule is COc1nc(N2CCCCCC2)c2cc(Cl)c(Br)c(F)c2n1. The number of hydrogen-bond acceptors (Lipinski definition) is 4. The summed E-state index contributed by atoms with van der Waals surface area (Å²) in [6.07, 6.45) is 4.61. The Morgan fingerprint density at radius 1 is 1.23 bits per heavy atom. The van der Waals surface area contributed by atoms with Crippen LogP contribution in [0.3, 0.4) is 0 Å². The van der Waals surface area contributed by atoms with E-state index in [2.05, 4.69) is 30.8 Å². The average Bonchev–Trinajstić information content (AvgIpc) is 2.81. The zero-order valence-electron chi connectivity index (χ0n) is 12.2. The molecule has 0 N–H and O–H groups in total. The lowest BCUT2D eigenvalue weighted by molar-refractivity contribution is 0.381. The van der Waals surface area contributed by atoms with Gasteiger partial charge in [0.05, 0.1) is 16.6 Å². The van der Waals surface area contributed by atoms with Gasteiger partial charge in [0.25, 0.3) is 0 Å². The summed E-state index contributed by atoms with van der Waals surface area (Å²) >= 11 is 9.28. The van der Waals surface area contributed by atoms with E-state index >= 15 is 0 Å². The van der Waals surface area contributed by atoms with E-state index in [1.54, 1.807) is 6.07 Å². The van der Waals surface area contributed by atoms with Gasteiger partial charge in [0.15, 0.2) is 5.82 Å². The van der Waals surface area contributed by atoms with Crippen LogP contribution in [-0.2, 0) is 0 Å². The van der Waals surface area contributed by atoms with Gasteiger partial charge in [-0.15, -0.1) is 0 Å². The van der Waals surface area contributed by atoms with Gasteiger partial charge in [0.2, 0.25) is 0 Å². The molecule has 2 aromatic rings. The van der Waals surface area contributed by atoms with Crippen LogP contribution < -0.4 is 9.64 Å². The van der Waals surface area contributed by atoms with Crippen LogP contribution in [0.5, 0.6) is 6.01 Å². The first-order valence-corrected chi connectivity index (χ1v) is 8.43. The van der Waals surface area contributed by atoms with Crippen LogP contribution in [-0.4, -0.2) is 30.2 Å². The molecule has 0 atom stereocenters. The van der Waals surface area contributed by atoms with E-state index < -0.39 is 5.82 Å². The van der Waals surface area contributed by atoms with Crippen molar-refractivity contribution in [3.63, 3.8) is 0 Å². The number of nitrogens with zero attached hydrogens (tertiary/aromatic N) is 3. The predicted molar refractivity (Wildman–Crippen MR) is 89.4 cm³/mol. The number of aromatic nitrogens is 2. The van der Waals surface area contributed by atoms with Crippen LogP contribution in [0.25, 0.3) is 10.9 Å². The van der Waals surface area contributed by atoms with E-state index in [9.17, 15) is 4.39 Å². The fraction of sp³-hybridized carbons (Fsp3) is 0.467. The molecule has 1 fully saturated rings. The first kappa shape index (κ1) is 15.7. The maximum absolute atomic E-state index is 14.5. The summed E-state index contributed by atoms with van der Waals surface area (Å²) in [6.45, 7) is 1.79. The van der Waals surface area contributed by atoms with Crippen molar-refractivity contribution in [2.75, 3.05) is 25.1 Å². The number of hydrogen-bond donors (Lipinski definition) is 0. The lowest BCUT2D eigenvalue weighted by Crippen LogP contribution is -2.25. The lowest BCUT2D eigenvalue weighted by Gasteiger charge is -2.23. The molecule has 1 aromatic carbocycles. The molecular weight excluding hydrogens is 373 g/mol. The summed E-state index contributed by atoms with van der Waals surface area (Å²) in [4.78, 5) is 10.8. The van der Waals surface area contributed by atoms with Gasteiger partial charge in [-0.25, -0.2) is 4.39 Å². The van der Waals surface area contributed by atoms with Crippen LogP contribution in [0.15, 0.2) is 10.5 Å². The summed E-state index contributed by atoms with van der Waals surface area (Å²) in [7, 11) is 1.48. The van der Waals surface area contributed by atoms with Gasteiger partial charge in [-0.2, -0.15) is 9.97 Å². The minimum absolute atomic E-state index is 0.167. The molecule has 1 aromatic heterocycles. The fourth-order valence-electron chi connectivity index (χ4n) is 2.75. The largest absolute Gasteiger partial charge is 0.467 e. The van der Waals surface area contributed by atoms with E-state index in [1.807, 2.05) is 0 Å². The minimum atomic E-state index is -0.487. The van der Waals surface area contributed by atoms with Crippen molar-refractivity contribution in [3.05, 3.63) is 21.4 Å². The standard InChI is InChI=1S/C15H16BrClFN3O/c1-22-15-19-13-9(8-10(17)11(16)12(13)18)14(20-15)21-6-4-2-3-5-7-21/h8H,2-7H2,1H3. The quantitative estimate of drug-likeness (QED) is 0.706. The highest BCUT2D eigenvalue weighted by Crippen LogP contribution is 2.36. The van der Waals surface area contributed by atoms with E-state index in [-0.39, 0.29) is 16.0 Å². The Balaban J connectivity index is 2.22. The van der Waals surface area contributed by atoms with Gasteiger partial charge in [0, 0.05) is 18.5 Å². The Bertz CT molecular complexity index is 705. The summed E-state index contributed by atoms with van der Waals surface area (Å²) in [6, 6.07) is 1.88. The van der Waals surface area contributed by atoms with Crippen LogP contribution in [0.4, 0.5) is 10.2 Å². The lowest BCUT2D eigenvalue weighted by atomic mass is 10.2. The topological polar surface area (TPSA) is 38.2 Å². The zero-order valence-corrected chi connectivity index (χ0v) is 14.5. The molecule has 1 aliphatic heterocycles. The zero-order chi connectivity index (χ0) is 15.7. The van der Waals surface area contributed by atoms with E-state index in [1.165, 1.54) is 20.0 Å². The van der Waals surface area contributed by atoms with Crippen molar-refractivity contribution in [2.24, 2.45) is 0 Å². The number of methoxy groups -OCH3 is 1. The third kappa shape index (κ3) is 2.86. The summed E-state index contributed by atoms with van der Waals surface area (Å²) < 4.78 is 19.9. The molecule has 0 unspecified atom stereocenters. The van der Waals surface area contributed by atoms with Gasteiger partial charge in [-0.1, -0.05) is 24.4 Å². The maximum Gasteiger partial charge on any atom is 0.318 e. The fourth-order valence-corrected chi connectivity index (χ4v) is 3.25. The molecule has 7 heteroatoms. The Hall–Kier alpha value is -1.14. The third-order valence-electron chi connectivity index (χ3n) is 3.87. The van der Waals surface area contributed by atoms with Gasteiger partial charge in [-0.05, 0) is 34.8 Å². The Labute approximate surface area is 141 Å². The molecule has 0 radical (unpaired) electrons. The molecule has 1 aliphatic rings. The summed E-state index contributed by atoms with van der Waals surface area (Å²) in [5, 5.41) is 0.934. The van der Waals surface area contributed by atoms with Crippen molar-refractivity contribution in [1.29, 1.82) is 0 Å². The number of halogens is 3. The molecule has 22 heavy (non-hydrogen) atoms. The van der Waals surface area contributed by atoms with E-state index in [4.69, 9.17) is 16.3 Å². The molecule has 0 saturated carbocycles. The van der Waals surface area contributed by atoms with Crippen LogP contribution >= 0.6 is 27.5 Å². The molecule has 1 saturated heterocycles. The normalized spacial score (nSPS) is 15.9. The third-order valence-corrected chi connectivity index (χ3v) is 5.18. The van der Waals surface area contributed by atoms with Gasteiger partial charge >= 0.3 is 6.01 Å². The van der Waals surface area contributed by atoms with Crippen molar-refractivity contribution < 1.29 is 9.13 Å². The predicted octanol–water partition coefficient (Wildman–Crippen LogP) is 4.57. The highest BCUT2D eigenvalue weighted by atomic mass is 79.9. The van der Waals surface area contributed by atoms with Gasteiger partial charge in [-0.3, -0.25) is 0 Å². The highest BCUT2D eigenvalue weighted by molar-refractivity contribution is 9.10. The monoisotopic (exact) mass is 387 g/mol. The molecule has 4 nitrogen and oxygen atoms in total.